The summed E-state index contributed by atoms with van der Waals surface area (Å²) in [6.45, 7) is 0.704. The number of amides is 3. The van der Waals surface area contributed by atoms with Gasteiger partial charge in [0.1, 0.15) is 6.04 Å². The zero-order valence-electron chi connectivity index (χ0n) is 10.4. The molecule has 0 bridgehead atoms. The van der Waals surface area contributed by atoms with Crippen molar-refractivity contribution in [2.75, 3.05) is 6.54 Å². The van der Waals surface area contributed by atoms with Crippen molar-refractivity contribution in [3.8, 4) is 0 Å². The quantitative estimate of drug-likeness (QED) is 0.687. The first-order chi connectivity index (χ1) is 8.66. The summed E-state index contributed by atoms with van der Waals surface area (Å²) in [4.78, 5) is 37.0. The number of rotatable bonds is 1. The van der Waals surface area contributed by atoms with E-state index in [2.05, 4.69) is 5.32 Å². The average molecular weight is 250 g/mol. The maximum Gasteiger partial charge on any atom is 0.249 e. The molecule has 5 nitrogen and oxygen atoms in total. The van der Waals surface area contributed by atoms with Crippen LogP contribution in [0.5, 0.6) is 0 Å². The van der Waals surface area contributed by atoms with Crippen molar-refractivity contribution in [2.24, 2.45) is 11.8 Å². The third-order valence-electron chi connectivity index (χ3n) is 4.53. The summed E-state index contributed by atoms with van der Waals surface area (Å²) in [6, 6.07) is -0.416. The number of carbonyl (C=O) groups excluding carboxylic acids is 3. The first-order valence-electron chi connectivity index (χ1n) is 6.81. The Kier molecular flexibility index (Phi) is 2.84. The van der Waals surface area contributed by atoms with Crippen LogP contribution >= 0.6 is 0 Å². The molecule has 3 amide bonds. The maximum absolute atomic E-state index is 12.3. The Morgan fingerprint density at radius 3 is 2.56 bits per heavy atom. The van der Waals surface area contributed by atoms with Crippen LogP contribution < -0.4 is 5.32 Å². The molecule has 2 unspecified atom stereocenters. The van der Waals surface area contributed by atoms with Gasteiger partial charge >= 0.3 is 0 Å². The van der Waals surface area contributed by atoms with Crippen LogP contribution in [0.1, 0.15) is 38.5 Å². The second kappa shape index (κ2) is 4.37. The monoisotopic (exact) mass is 250 g/mol. The highest BCUT2D eigenvalue weighted by Gasteiger charge is 2.46. The van der Waals surface area contributed by atoms with Crippen molar-refractivity contribution in [1.29, 1.82) is 0 Å². The Morgan fingerprint density at radius 1 is 1.06 bits per heavy atom. The van der Waals surface area contributed by atoms with Crippen molar-refractivity contribution in [1.82, 2.24) is 10.2 Å². The van der Waals surface area contributed by atoms with Crippen molar-refractivity contribution in [3.05, 3.63) is 0 Å². The molecule has 5 heteroatoms. The minimum atomic E-state index is -0.416. The fraction of sp³-hybridized carbons (Fsp3) is 0.769. The van der Waals surface area contributed by atoms with Crippen LogP contribution in [0.15, 0.2) is 0 Å². The first-order valence-corrected chi connectivity index (χ1v) is 6.81. The number of imide groups is 1. The molecule has 3 aliphatic rings. The number of hydrogen-bond acceptors (Lipinski definition) is 3. The summed E-state index contributed by atoms with van der Waals surface area (Å²) in [6.07, 6.45) is 5.20. The van der Waals surface area contributed by atoms with Gasteiger partial charge in [0, 0.05) is 18.9 Å². The molecule has 0 spiro atoms. The van der Waals surface area contributed by atoms with E-state index in [1.807, 2.05) is 0 Å². The Labute approximate surface area is 106 Å². The van der Waals surface area contributed by atoms with E-state index in [1.54, 1.807) is 4.90 Å². The van der Waals surface area contributed by atoms with E-state index in [1.165, 1.54) is 6.42 Å². The predicted octanol–water partition coefficient (Wildman–Crippen LogP) is 0.440. The normalized spacial score (nSPS) is 36.6. The zero-order chi connectivity index (χ0) is 12.7. The van der Waals surface area contributed by atoms with Crippen molar-refractivity contribution < 1.29 is 14.4 Å². The van der Waals surface area contributed by atoms with E-state index in [0.717, 1.165) is 19.3 Å². The summed E-state index contributed by atoms with van der Waals surface area (Å²) in [5, 5.41) is 2.34. The van der Waals surface area contributed by atoms with Crippen LogP contribution in [-0.4, -0.2) is 35.2 Å². The van der Waals surface area contributed by atoms with Gasteiger partial charge < -0.3 is 4.90 Å². The van der Waals surface area contributed by atoms with Gasteiger partial charge in [0.25, 0.3) is 0 Å². The average Bonchev–Trinajstić information content (AvgIpc) is 2.68. The van der Waals surface area contributed by atoms with Gasteiger partial charge in [-0.2, -0.15) is 0 Å². The van der Waals surface area contributed by atoms with Gasteiger partial charge in [-0.1, -0.05) is 12.8 Å². The van der Waals surface area contributed by atoms with Gasteiger partial charge in [0.05, 0.1) is 0 Å². The molecular weight excluding hydrogens is 232 g/mol. The minimum absolute atomic E-state index is 0.129. The van der Waals surface area contributed by atoms with E-state index in [4.69, 9.17) is 0 Å². The molecule has 3 atom stereocenters. The molecule has 1 aliphatic carbocycles. The summed E-state index contributed by atoms with van der Waals surface area (Å²) >= 11 is 0. The van der Waals surface area contributed by atoms with Crippen LogP contribution in [0.3, 0.4) is 0 Å². The van der Waals surface area contributed by atoms with Crippen molar-refractivity contribution in [3.63, 3.8) is 0 Å². The van der Waals surface area contributed by atoms with Gasteiger partial charge in [-0.3, -0.25) is 19.7 Å². The lowest BCUT2D eigenvalue weighted by Crippen LogP contribution is -2.53. The van der Waals surface area contributed by atoms with E-state index in [0.29, 0.717) is 25.3 Å². The first kappa shape index (κ1) is 11.7. The molecule has 0 radical (unpaired) electrons. The Balaban J connectivity index is 1.75. The fourth-order valence-corrected chi connectivity index (χ4v) is 3.57. The molecule has 98 valence electrons. The maximum atomic E-state index is 12.3. The number of hydrogen-bond donors (Lipinski definition) is 1. The standard InChI is InChI=1S/C13H18N2O3/c16-11-6-5-10(12(17)14-11)15-7-8-3-1-2-4-9(8)13(15)18/h8-10H,1-7H2,(H,14,16,17)/t8?,9?,10-/m0/s1. The van der Waals surface area contributed by atoms with Crippen LogP contribution in [-0.2, 0) is 14.4 Å². The molecule has 2 aliphatic heterocycles. The number of nitrogens with zero attached hydrogens (tertiary/aromatic N) is 1. The van der Waals surface area contributed by atoms with E-state index < -0.39 is 6.04 Å². The second-order valence-electron chi connectivity index (χ2n) is 5.61. The summed E-state index contributed by atoms with van der Waals surface area (Å²) in [7, 11) is 0. The SMILES string of the molecule is O=C1CC[C@H](N2CC3CCCCC3C2=O)C(=O)N1. The zero-order valence-corrected chi connectivity index (χ0v) is 10.4. The van der Waals surface area contributed by atoms with Crippen LogP contribution in [0, 0.1) is 11.8 Å². The van der Waals surface area contributed by atoms with Crippen LogP contribution in [0.2, 0.25) is 0 Å². The highest BCUT2D eigenvalue weighted by Crippen LogP contribution is 2.38. The molecule has 0 aromatic carbocycles. The molecular formula is C13H18N2O3. The van der Waals surface area contributed by atoms with Gasteiger partial charge in [0.15, 0.2) is 0 Å². The molecule has 3 rings (SSSR count). The van der Waals surface area contributed by atoms with E-state index in [-0.39, 0.29) is 23.6 Å². The highest BCUT2D eigenvalue weighted by molar-refractivity contribution is 6.02. The summed E-state index contributed by atoms with van der Waals surface area (Å²) < 4.78 is 0. The van der Waals surface area contributed by atoms with Gasteiger partial charge in [0.2, 0.25) is 17.7 Å². The van der Waals surface area contributed by atoms with Crippen LogP contribution in [0.25, 0.3) is 0 Å². The minimum Gasteiger partial charge on any atom is -0.330 e. The van der Waals surface area contributed by atoms with Gasteiger partial charge in [-0.25, -0.2) is 0 Å². The molecule has 2 heterocycles. The number of likely N-dealkylation sites (tertiary alicyclic amines) is 1. The van der Waals surface area contributed by atoms with Crippen LogP contribution in [0.4, 0.5) is 0 Å². The molecule has 18 heavy (non-hydrogen) atoms. The lowest BCUT2D eigenvalue weighted by Gasteiger charge is -2.29. The van der Waals surface area contributed by atoms with Gasteiger partial charge in [-0.05, 0) is 25.2 Å². The number of carbonyl (C=O) groups is 3. The molecule has 1 N–H and O–H groups in total. The van der Waals surface area contributed by atoms with E-state index in [9.17, 15) is 14.4 Å². The smallest absolute Gasteiger partial charge is 0.249 e. The van der Waals surface area contributed by atoms with E-state index >= 15 is 0 Å². The van der Waals surface area contributed by atoms with Crippen molar-refractivity contribution in [2.45, 2.75) is 44.6 Å². The third-order valence-corrected chi connectivity index (χ3v) is 4.53. The Bertz CT molecular complexity index is 407. The van der Waals surface area contributed by atoms with Crippen molar-refractivity contribution >= 4 is 17.7 Å². The fourth-order valence-electron chi connectivity index (χ4n) is 3.57. The number of nitrogens with one attached hydrogen (secondary N) is 1. The summed E-state index contributed by atoms with van der Waals surface area (Å²) in [5.74, 6) is 0.175. The number of piperidine rings is 1. The third kappa shape index (κ3) is 1.82. The predicted molar refractivity (Wildman–Crippen MR) is 63.3 cm³/mol. The number of fused-ring (bicyclic) bond motifs is 1. The topological polar surface area (TPSA) is 66.5 Å². The lowest BCUT2D eigenvalue weighted by atomic mass is 9.81. The molecule has 0 aromatic heterocycles. The molecule has 3 fully saturated rings. The molecule has 2 saturated heterocycles. The van der Waals surface area contributed by atoms with Gasteiger partial charge in [-0.15, -0.1) is 0 Å². The Hall–Kier alpha value is -1.39. The lowest BCUT2D eigenvalue weighted by molar-refractivity contribution is -0.144. The summed E-state index contributed by atoms with van der Waals surface area (Å²) in [5.41, 5.74) is 0. The molecule has 0 aromatic rings. The highest BCUT2D eigenvalue weighted by atomic mass is 16.2. The largest absolute Gasteiger partial charge is 0.330 e. The Morgan fingerprint density at radius 2 is 1.83 bits per heavy atom. The molecule has 1 saturated carbocycles. The second-order valence-corrected chi connectivity index (χ2v) is 5.61.